The average molecular weight is 338 g/mol. The molecule has 4 aliphatic rings. The summed E-state index contributed by atoms with van der Waals surface area (Å²) in [5.41, 5.74) is -1.71. The van der Waals surface area contributed by atoms with Crippen LogP contribution in [-0.4, -0.2) is 41.5 Å². The lowest BCUT2D eigenvalue weighted by molar-refractivity contribution is -0.231. The first-order valence-corrected chi connectivity index (χ1v) is 8.57. The minimum atomic E-state index is -5.61. The highest BCUT2D eigenvalue weighted by atomic mass is 32.2. The molecular weight excluding hydrogens is 322 g/mol. The fourth-order valence-electron chi connectivity index (χ4n) is 5.66. The van der Waals surface area contributed by atoms with Crippen molar-refractivity contribution < 1.29 is 36.4 Å². The van der Waals surface area contributed by atoms with Gasteiger partial charge in [0.15, 0.2) is 6.61 Å². The van der Waals surface area contributed by atoms with Gasteiger partial charge >= 0.3 is 21.3 Å². The van der Waals surface area contributed by atoms with Crippen molar-refractivity contribution in [2.45, 2.75) is 37.0 Å². The van der Waals surface area contributed by atoms with E-state index in [4.69, 9.17) is 4.55 Å². The van der Waals surface area contributed by atoms with Gasteiger partial charge in [-0.2, -0.15) is 17.2 Å². The number of alkyl halides is 2. The highest BCUT2D eigenvalue weighted by molar-refractivity contribution is 7.86. The zero-order chi connectivity index (χ0) is 16.3. The molecule has 0 aromatic heterocycles. The van der Waals surface area contributed by atoms with Crippen LogP contribution in [0, 0.1) is 28.6 Å². The standard InChI is InChI=1S/C13H16F2O6S/c1-10(17)6-2-12(4-11(8(6)12)3-7(10)11)9(16)21-5-13(14,15)22(18,19)20/h6-8,17H,2-5H2,1H3,(H,18,19,20). The lowest BCUT2D eigenvalue weighted by atomic mass is 9.38. The Morgan fingerprint density at radius 3 is 2.59 bits per heavy atom. The van der Waals surface area contributed by atoms with Crippen molar-refractivity contribution in [1.82, 2.24) is 0 Å². The van der Waals surface area contributed by atoms with E-state index in [-0.39, 0.29) is 23.2 Å². The van der Waals surface area contributed by atoms with E-state index in [9.17, 15) is 27.1 Å². The topological polar surface area (TPSA) is 101 Å². The van der Waals surface area contributed by atoms with E-state index in [1.807, 2.05) is 0 Å². The maximum atomic E-state index is 13.1. The maximum absolute atomic E-state index is 13.1. The summed E-state index contributed by atoms with van der Waals surface area (Å²) in [6, 6.07) is 0. The van der Waals surface area contributed by atoms with E-state index in [1.165, 1.54) is 0 Å². The van der Waals surface area contributed by atoms with E-state index in [0.29, 0.717) is 12.8 Å². The number of esters is 1. The highest BCUT2D eigenvalue weighted by Crippen LogP contribution is 2.92. The van der Waals surface area contributed by atoms with Crippen molar-refractivity contribution in [2.75, 3.05) is 6.61 Å². The predicted octanol–water partition coefficient (Wildman–Crippen LogP) is 0.807. The van der Waals surface area contributed by atoms with Crippen molar-refractivity contribution in [1.29, 1.82) is 0 Å². The molecule has 2 N–H and O–H groups in total. The van der Waals surface area contributed by atoms with Gasteiger partial charge in [-0.25, -0.2) is 0 Å². The number of halogens is 2. The van der Waals surface area contributed by atoms with Gasteiger partial charge in [0, 0.05) is 0 Å². The fourth-order valence-corrected chi connectivity index (χ4v) is 5.87. The van der Waals surface area contributed by atoms with Gasteiger partial charge in [0.25, 0.3) is 0 Å². The van der Waals surface area contributed by atoms with Gasteiger partial charge in [-0.05, 0) is 49.4 Å². The van der Waals surface area contributed by atoms with E-state index in [0.717, 1.165) is 6.42 Å². The molecule has 0 bridgehead atoms. The SMILES string of the molecule is CC1(O)C2CC3(C(=O)OCC(F)(F)S(=O)(=O)O)CC4(CC14)C23. The van der Waals surface area contributed by atoms with Crippen LogP contribution in [0.3, 0.4) is 0 Å². The van der Waals surface area contributed by atoms with Crippen LogP contribution in [-0.2, 0) is 19.6 Å². The zero-order valence-corrected chi connectivity index (χ0v) is 12.6. The van der Waals surface area contributed by atoms with Crippen LogP contribution in [0.15, 0.2) is 0 Å². The Bertz CT molecular complexity index is 689. The molecule has 4 rings (SSSR count). The van der Waals surface area contributed by atoms with Crippen molar-refractivity contribution in [3.05, 3.63) is 0 Å². The Kier molecular flexibility index (Phi) is 2.34. The molecule has 6 nitrogen and oxygen atoms in total. The molecule has 0 radical (unpaired) electrons. The minimum absolute atomic E-state index is 0.0189. The second kappa shape index (κ2) is 3.49. The molecule has 0 amide bonds. The molecule has 0 aromatic rings. The highest BCUT2D eigenvalue weighted by Gasteiger charge is 2.92. The quantitative estimate of drug-likeness (QED) is 0.581. The Hall–Kier alpha value is -0.800. The molecule has 4 saturated carbocycles. The first-order valence-electron chi connectivity index (χ1n) is 7.13. The van der Waals surface area contributed by atoms with Crippen LogP contribution in [0.4, 0.5) is 8.78 Å². The Morgan fingerprint density at radius 2 is 2.05 bits per heavy atom. The molecule has 4 fully saturated rings. The lowest BCUT2D eigenvalue weighted by Gasteiger charge is -2.65. The van der Waals surface area contributed by atoms with Gasteiger partial charge in [-0.1, -0.05) is 0 Å². The monoisotopic (exact) mass is 338 g/mol. The van der Waals surface area contributed by atoms with E-state index in [2.05, 4.69) is 4.74 Å². The van der Waals surface area contributed by atoms with Crippen molar-refractivity contribution >= 4 is 16.1 Å². The molecule has 124 valence electrons. The smallest absolute Gasteiger partial charge is 0.402 e. The summed E-state index contributed by atoms with van der Waals surface area (Å²) in [7, 11) is -5.61. The number of ether oxygens (including phenoxy) is 1. The Morgan fingerprint density at radius 1 is 1.41 bits per heavy atom. The Balaban J connectivity index is 1.47. The number of aliphatic hydroxyl groups is 1. The van der Waals surface area contributed by atoms with Crippen LogP contribution in [0.2, 0.25) is 0 Å². The summed E-state index contributed by atoms with van der Waals surface area (Å²) in [5, 5.41) is 5.96. The maximum Gasteiger partial charge on any atom is 0.402 e. The molecule has 0 aliphatic heterocycles. The molecule has 1 spiro atoms. The third-order valence-corrected chi connectivity index (χ3v) is 7.45. The van der Waals surface area contributed by atoms with Gasteiger partial charge in [-0.3, -0.25) is 9.35 Å². The number of hydrogen-bond acceptors (Lipinski definition) is 5. The molecule has 0 aromatic carbocycles. The van der Waals surface area contributed by atoms with Gasteiger partial charge in [0.1, 0.15) is 0 Å². The second-order valence-corrected chi connectivity index (χ2v) is 9.07. The summed E-state index contributed by atoms with van der Waals surface area (Å²) in [4.78, 5) is 12.2. The van der Waals surface area contributed by atoms with Crippen molar-refractivity contribution in [3.63, 3.8) is 0 Å². The van der Waals surface area contributed by atoms with Gasteiger partial charge in [0.2, 0.25) is 0 Å². The molecule has 0 saturated heterocycles. The van der Waals surface area contributed by atoms with Crippen LogP contribution in [0.1, 0.15) is 26.2 Å². The zero-order valence-electron chi connectivity index (χ0n) is 11.8. The van der Waals surface area contributed by atoms with Crippen LogP contribution < -0.4 is 0 Å². The van der Waals surface area contributed by atoms with Gasteiger partial charge in [-0.15, -0.1) is 0 Å². The molecule has 0 heterocycles. The summed E-state index contributed by atoms with van der Waals surface area (Å²) in [6.07, 6.45) is 1.74. The lowest BCUT2D eigenvalue weighted by Crippen LogP contribution is -2.67. The minimum Gasteiger partial charge on any atom is -0.458 e. The molecule has 6 unspecified atom stereocenters. The summed E-state index contributed by atoms with van der Waals surface area (Å²) < 4.78 is 60.2. The molecule has 4 aliphatic carbocycles. The predicted molar refractivity (Wildman–Crippen MR) is 67.3 cm³/mol. The van der Waals surface area contributed by atoms with E-state index in [1.54, 1.807) is 6.92 Å². The summed E-state index contributed by atoms with van der Waals surface area (Å²) >= 11 is 0. The molecular formula is C13H16F2O6S. The Labute approximate surface area is 125 Å². The average Bonchev–Trinajstić information content (AvgIpc) is 3.04. The normalized spacial score (nSPS) is 51.2. The largest absolute Gasteiger partial charge is 0.458 e. The molecule has 9 heteroatoms. The molecule has 22 heavy (non-hydrogen) atoms. The van der Waals surface area contributed by atoms with Crippen LogP contribution in [0.25, 0.3) is 0 Å². The first-order chi connectivity index (χ1) is 9.89. The van der Waals surface area contributed by atoms with Crippen molar-refractivity contribution in [3.8, 4) is 0 Å². The van der Waals surface area contributed by atoms with E-state index < -0.39 is 39.0 Å². The third-order valence-electron chi connectivity index (χ3n) is 6.58. The number of hydrogen-bond donors (Lipinski definition) is 2. The third kappa shape index (κ3) is 1.37. The number of carbonyl (C=O) groups is 1. The van der Waals surface area contributed by atoms with Gasteiger partial charge < -0.3 is 9.84 Å². The number of carbonyl (C=O) groups excluding carboxylic acids is 1. The number of rotatable bonds is 4. The van der Waals surface area contributed by atoms with Crippen molar-refractivity contribution in [2.24, 2.45) is 28.6 Å². The van der Waals surface area contributed by atoms with Crippen LogP contribution in [0.5, 0.6) is 0 Å². The first kappa shape index (κ1) is 14.8. The summed E-state index contributed by atoms with van der Waals surface area (Å²) in [6.45, 7) is 0.0772. The summed E-state index contributed by atoms with van der Waals surface area (Å²) in [5.74, 6) is -0.745. The van der Waals surface area contributed by atoms with Crippen LogP contribution >= 0.6 is 0 Å². The van der Waals surface area contributed by atoms with Gasteiger partial charge in [0.05, 0.1) is 11.0 Å². The fraction of sp³-hybridized carbons (Fsp3) is 0.923. The van der Waals surface area contributed by atoms with E-state index >= 15 is 0 Å². The second-order valence-electron chi connectivity index (χ2n) is 7.53. The molecule has 6 atom stereocenters.